The highest BCUT2D eigenvalue weighted by Crippen LogP contribution is 2.26. The SMILES string of the molecule is CC(=O)N1CCC(O)(CN2CCOCC(O)(COc3ccccc3C)C2)CC1. The number of rotatable bonds is 5. The number of carbonyl (C=O) groups excluding carboxylic acids is 1. The van der Waals surface area contributed by atoms with Crippen LogP contribution in [-0.2, 0) is 9.53 Å². The molecule has 2 saturated heterocycles. The molecule has 1 atom stereocenters. The number of ether oxygens (including phenoxy) is 2. The van der Waals surface area contributed by atoms with Crippen molar-refractivity contribution in [2.24, 2.45) is 0 Å². The Morgan fingerprint density at radius 3 is 2.57 bits per heavy atom. The lowest BCUT2D eigenvalue weighted by Gasteiger charge is -2.41. The van der Waals surface area contributed by atoms with Gasteiger partial charge in [0.15, 0.2) is 0 Å². The largest absolute Gasteiger partial charge is 0.490 e. The summed E-state index contributed by atoms with van der Waals surface area (Å²) < 4.78 is 11.5. The Kier molecular flexibility index (Phi) is 6.60. The fourth-order valence-corrected chi connectivity index (χ4v) is 3.96. The van der Waals surface area contributed by atoms with Gasteiger partial charge in [-0.25, -0.2) is 0 Å². The Balaban J connectivity index is 1.58. The monoisotopic (exact) mass is 392 g/mol. The number of amides is 1. The Labute approximate surface area is 166 Å². The summed E-state index contributed by atoms with van der Waals surface area (Å²) in [7, 11) is 0. The molecule has 1 aromatic rings. The minimum atomic E-state index is -1.14. The van der Waals surface area contributed by atoms with Gasteiger partial charge in [-0.2, -0.15) is 0 Å². The van der Waals surface area contributed by atoms with Crippen LogP contribution >= 0.6 is 0 Å². The van der Waals surface area contributed by atoms with Gasteiger partial charge >= 0.3 is 0 Å². The fraction of sp³-hybridized carbons (Fsp3) is 0.667. The summed E-state index contributed by atoms with van der Waals surface area (Å²) in [6.07, 6.45) is 1.09. The van der Waals surface area contributed by atoms with Crippen LogP contribution in [0.2, 0.25) is 0 Å². The molecule has 1 amide bonds. The highest BCUT2D eigenvalue weighted by molar-refractivity contribution is 5.73. The second-order valence-corrected chi connectivity index (χ2v) is 8.27. The van der Waals surface area contributed by atoms with Crippen LogP contribution in [0, 0.1) is 6.92 Å². The number of carbonyl (C=O) groups is 1. The van der Waals surface area contributed by atoms with Crippen LogP contribution in [-0.4, -0.2) is 89.7 Å². The number of benzene rings is 1. The van der Waals surface area contributed by atoms with Gasteiger partial charge in [-0.1, -0.05) is 18.2 Å². The molecule has 0 saturated carbocycles. The lowest BCUT2D eigenvalue weighted by atomic mass is 9.90. The number of hydrogen-bond acceptors (Lipinski definition) is 6. The van der Waals surface area contributed by atoms with E-state index in [9.17, 15) is 15.0 Å². The summed E-state index contributed by atoms with van der Waals surface area (Å²) in [4.78, 5) is 15.3. The minimum absolute atomic E-state index is 0.0490. The number of β-amino-alcohol motifs (C(OH)–C–C–N with tert-alkyl or cyclic N) is 2. The molecule has 0 radical (unpaired) electrons. The first kappa shape index (κ1) is 21.0. The average molecular weight is 392 g/mol. The third kappa shape index (κ3) is 5.44. The van der Waals surface area contributed by atoms with Crippen LogP contribution in [0.5, 0.6) is 5.75 Å². The first-order chi connectivity index (χ1) is 13.3. The summed E-state index contributed by atoms with van der Waals surface area (Å²) >= 11 is 0. The van der Waals surface area contributed by atoms with Gasteiger partial charge in [-0.05, 0) is 31.4 Å². The van der Waals surface area contributed by atoms with E-state index in [1.54, 1.807) is 11.8 Å². The van der Waals surface area contributed by atoms with Crippen molar-refractivity contribution in [1.29, 1.82) is 0 Å². The molecule has 2 heterocycles. The van der Waals surface area contributed by atoms with E-state index in [0.29, 0.717) is 52.2 Å². The Hall–Kier alpha value is -1.67. The van der Waals surface area contributed by atoms with Crippen LogP contribution in [0.25, 0.3) is 0 Å². The van der Waals surface area contributed by atoms with E-state index in [0.717, 1.165) is 11.3 Å². The number of para-hydroxylation sites is 1. The lowest BCUT2D eigenvalue weighted by molar-refractivity contribution is -0.134. The summed E-state index contributed by atoms with van der Waals surface area (Å²) in [5, 5.41) is 22.1. The molecule has 0 spiro atoms. The third-order valence-corrected chi connectivity index (χ3v) is 5.69. The van der Waals surface area contributed by atoms with E-state index in [2.05, 4.69) is 4.90 Å². The number of hydrogen-bond donors (Lipinski definition) is 2. The molecule has 0 aromatic heterocycles. The van der Waals surface area contributed by atoms with Crippen molar-refractivity contribution in [2.75, 3.05) is 52.5 Å². The molecule has 2 N–H and O–H groups in total. The van der Waals surface area contributed by atoms with Crippen molar-refractivity contribution in [3.05, 3.63) is 29.8 Å². The molecule has 1 aromatic carbocycles. The molecule has 28 heavy (non-hydrogen) atoms. The maximum Gasteiger partial charge on any atom is 0.219 e. The normalized spacial score (nSPS) is 25.9. The van der Waals surface area contributed by atoms with Gasteiger partial charge in [-0.3, -0.25) is 9.69 Å². The quantitative estimate of drug-likeness (QED) is 0.772. The highest BCUT2D eigenvalue weighted by Gasteiger charge is 2.39. The zero-order chi connectivity index (χ0) is 20.2. The van der Waals surface area contributed by atoms with Crippen molar-refractivity contribution in [3.8, 4) is 5.75 Å². The van der Waals surface area contributed by atoms with Gasteiger partial charge in [0.1, 0.15) is 18.0 Å². The van der Waals surface area contributed by atoms with Gasteiger partial charge in [0.2, 0.25) is 5.91 Å². The average Bonchev–Trinajstić information content (AvgIpc) is 2.82. The Morgan fingerprint density at radius 2 is 1.89 bits per heavy atom. The lowest BCUT2D eigenvalue weighted by Crippen LogP contribution is -2.55. The van der Waals surface area contributed by atoms with Crippen molar-refractivity contribution in [1.82, 2.24) is 9.80 Å². The van der Waals surface area contributed by atoms with Crippen LogP contribution in [0.1, 0.15) is 25.3 Å². The predicted octanol–water partition coefficient (Wildman–Crippen LogP) is 0.811. The van der Waals surface area contributed by atoms with E-state index in [4.69, 9.17) is 9.47 Å². The highest BCUT2D eigenvalue weighted by atomic mass is 16.5. The maximum absolute atomic E-state index is 11.5. The van der Waals surface area contributed by atoms with E-state index < -0.39 is 11.2 Å². The van der Waals surface area contributed by atoms with E-state index >= 15 is 0 Å². The molecular formula is C21H32N2O5. The zero-order valence-corrected chi connectivity index (χ0v) is 16.9. The molecule has 2 aliphatic rings. The third-order valence-electron chi connectivity index (χ3n) is 5.69. The molecular weight excluding hydrogens is 360 g/mol. The van der Waals surface area contributed by atoms with E-state index in [-0.39, 0.29) is 19.1 Å². The topological polar surface area (TPSA) is 82.5 Å². The molecule has 156 valence electrons. The molecule has 3 rings (SSSR count). The first-order valence-corrected chi connectivity index (χ1v) is 9.97. The number of likely N-dealkylation sites (tertiary alicyclic amines) is 1. The molecule has 7 heteroatoms. The zero-order valence-electron chi connectivity index (χ0n) is 16.9. The standard InChI is InChI=1S/C21H32N2O5/c1-17-5-3-4-6-19(17)28-16-21(26)14-22(11-12-27-15-21)13-20(25)7-9-23(10-8-20)18(2)24/h3-6,25-26H,7-16H2,1-2H3. The van der Waals surface area contributed by atoms with Gasteiger partial charge in [0.25, 0.3) is 0 Å². The molecule has 0 aliphatic carbocycles. The van der Waals surface area contributed by atoms with Gasteiger partial charge in [0, 0.05) is 39.6 Å². The number of aliphatic hydroxyl groups is 2. The van der Waals surface area contributed by atoms with Crippen LogP contribution in [0.3, 0.4) is 0 Å². The molecule has 7 nitrogen and oxygen atoms in total. The first-order valence-electron chi connectivity index (χ1n) is 9.97. The van der Waals surface area contributed by atoms with Crippen molar-refractivity contribution in [2.45, 2.75) is 37.9 Å². The van der Waals surface area contributed by atoms with Crippen molar-refractivity contribution in [3.63, 3.8) is 0 Å². The summed E-state index contributed by atoms with van der Waals surface area (Å²) in [6.45, 7) is 6.97. The van der Waals surface area contributed by atoms with E-state index in [1.165, 1.54) is 0 Å². The number of aryl methyl sites for hydroxylation is 1. The molecule has 2 fully saturated rings. The minimum Gasteiger partial charge on any atom is -0.490 e. The van der Waals surface area contributed by atoms with E-state index in [1.807, 2.05) is 31.2 Å². The van der Waals surface area contributed by atoms with Crippen LogP contribution in [0.15, 0.2) is 24.3 Å². The van der Waals surface area contributed by atoms with Crippen molar-refractivity contribution < 1.29 is 24.5 Å². The fourth-order valence-electron chi connectivity index (χ4n) is 3.96. The van der Waals surface area contributed by atoms with Gasteiger partial charge < -0.3 is 24.6 Å². The maximum atomic E-state index is 11.5. The number of nitrogens with zero attached hydrogens (tertiary/aromatic N) is 2. The molecule has 2 aliphatic heterocycles. The predicted molar refractivity (Wildman–Crippen MR) is 105 cm³/mol. The van der Waals surface area contributed by atoms with Gasteiger partial charge in [-0.15, -0.1) is 0 Å². The Morgan fingerprint density at radius 1 is 1.18 bits per heavy atom. The van der Waals surface area contributed by atoms with Crippen LogP contribution in [0.4, 0.5) is 0 Å². The van der Waals surface area contributed by atoms with Crippen LogP contribution < -0.4 is 4.74 Å². The number of piperidine rings is 1. The second-order valence-electron chi connectivity index (χ2n) is 8.27. The Bertz CT molecular complexity index is 675. The molecule has 0 bridgehead atoms. The summed E-state index contributed by atoms with van der Waals surface area (Å²) in [5.41, 5.74) is -0.979. The van der Waals surface area contributed by atoms with Gasteiger partial charge in [0.05, 0.1) is 18.8 Å². The smallest absolute Gasteiger partial charge is 0.219 e. The summed E-state index contributed by atoms with van der Waals surface area (Å²) in [6, 6.07) is 7.72. The molecule has 1 unspecified atom stereocenters. The second kappa shape index (κ2) is 8.78. The van der Waals surface area contributed by atoms with Crippen molar-refractivity contribution >= 4 is 5.91 Å². The summed E-state index contributed by atoms with van der Waals surface area (Å²) in [5.74, 6) is 0.801.